The van der Waals surface area contributed by atoms with Crippen LogP contribution in [0.3, 0.4) is 0 Å². The van der Waals surface area contributed by atoms with Crippen molar-refractivity contribution in [1.29, 1.82) is 0 Å². The number of nitrogens with zero attached hydrogens (tertiary/aromatic N) is 2. The molecule has 0 aliphatic carbocycles. The van der Waals surface area contributed by atoms with Gasteiger partial charge in [-0.3, -0.25) is 9.48 Å². The molecule has 0 saturated carbocycles. The Bertz CT molecular complexity index is 514. The maximum absolute atomic E-state index is 11.9. The number of aromatic nitrogens is 2. The third-order valence-electron chi connectivity index (χ3n) is 2.02. The fourth-order valence-electron chi connectivity index (χ4n) is 1.23. The van der Waals surface area contributed by atoms with Gasteiger partial charge in [0, 0.05) is 11.5 Å². The van der Waals surface area contributed by atoms with E-state index in [-0.39, 0.29) is 5.91 Å². The van der Waals surface area contributed by atoms with E-state index in [1.54, 1.807) is 7.05 Å². The summed E-state index contributed by atoms with van der Waals surface area (Å²) in [6.07, 6.45) is 1.50. The van der Waals surface area contributed by atoms with E-state index < -0.39 is 0 Å². The highest BCUT2D eigenvalue weighted by atomic mass is 79.9. The predicted molar refractivity (Wildman–Crippen MR) is 67.6 cm³/mol. The van der Waals surface area contributed by atoms with Crippen molar-refractivity contribution in [1.82, 2.24) is 9.78 Å². The third kappa shape index (κ3) is 1.96. The molecule has 7 heteroatoms. The number of anilines is 2. The van der Waals surface area contributed by atoms with Crippen molar-refractivity contribution in [3.05, 3.63) is 27.0 Å². The zero-order valence-electron chi connectivity index (χ0n) is 8.40. The van der Waals surface area contributed by atoms with Gasteiger partial charge in [-0.1, -0.05) is 0 Å². The van der Waals surface area contributed by atoms with Gasteiger partial charge in [-0.25, -0.2) is 0 Å². The number of nitrogen functional groups attached to an aromatic ring is 1. The van der Waals surface area contributed by atoms with Crippen LogP contribution in [-0.4, -0.2) is 15.7 Å². The Labute approximate surface area is 104 Å². The van der Waals surface area contributed by atoms with Gasteiger partial charge in [-0.05, 0) is 27.4 Å². The van der Waals surface area contributed by atoms with Crippen LogP contribution in [0.25, 0.3) is 0 Å². The number of rotatable bonds is 2. The number of carbonyl (C=O) groups excluding carboxylic acids is 1. The third-order valence-corrected chi connectivity index (χ3v) is 3.86. The van der Waals surface area contributed by atoms with Gasteiger partial charge in [-0.2, -0.15) is 5.10 Å². The van der Waals surface area contributed by atoms with E-state index in [2.05, 4.69) is 26.3 Å². The molecule has 2 aromatic rings. The Kier molecular flexibility index (Phi) is 2.97. The lowest BCUT2D eigenvalue weighted by Crippen LogP contribution is -2.14. The molecular formula is C9H9BrN4OS. The number of carbonyl (C=O) groups is 1. The molecule has 2 rings (SSSR count). The fraction of sp³-hybridized carbons (Fsp3) is 0.111. The van der Waals surface area contributed by atoms with E-state index >= 15 is 0 Å². The zero-order chi connectivity index (χ0) is 11.7. The SMILES string of the molecule is Cn1ncc(N)c1NC(=O)c1sccc1Br. The van der Waals surface area contributed by atoms with Gasteiger partial charge in [-0.15, -0.1) is 11.3 Å². The number of nitrogens with one attached hydrogen (secondary N) is 1. The average Bonchev–Trinajstić information content (AvgIpc) is 2.79. The average molecular weight is 301 g/mol. The van der Waals surface area contributed by atoms with E-state index in [1.807, 2.05) is 11.4 Å². The van der Waals surface area contributed by atoms with Crippen molar-refractivity contribution in [2.45, 2.75) is 0 Å². The van der Waals surface area contributed by atoms with Gasteiger partial charge in [0.05, 0.1) is 11.9 Å². The lowest BCUT2D eigenvalue weighted by Gasteiger charge is -2.05. The highest BCUT2D eigenvalue weighted by Crippen LogP contribution is 2.24. The second-order valence-corrected chi connectivity index (χ2v) is 4.89. The number of halogens is 1. The Morgan fingerprint density at radius 2 is 2.44 bits per heavy atom. The second kappa shape index (κ2) is 4.26. The molecule has 0 saturated heterocycles. The molecule has 0 aromatic carbocycles. The van der Waals surface area contributed by atoms with Crippen LogP contribution < -0.4 is 11.1 Å². The van der Waals surface area contributed by atoms with Crippen LogP contribution in [0.2, 0.25) is 0 Å². The fourth-order valence-corrected chi connectivity index (χ4v) is 2.67. The number of nitrogens with two attached hydrogens (primary N) is 1. The molecule has 0 radical (unpaired) electrons. The summed E-state index contributed by atoms with van der Waals surface area (Å²) in [7, 11) is 1.72. The van der Waals surface area contributed by atoms with E-state index in [0.29, 0.717) is 16.4 Å². The monoisotopic (exact) mass is 300 g/mol. The molecule has 0 aliphatic heterocycles. The molecule has 5 nitrogen and oxygen atoms in total. The predicted octanol–water partition coefficient (Wildman–Crippen LogP) is 2.08. The topological polar surface area (TPSA) is 72.9 Å². The molecule has 0 aliphatic rings. The molecular weight excluding hydrogens is 292 g/mol. The number of hydrogen-bond acceptors (Lipinski definition) is 4. The van der Waals surface area contributed by atoms with Crippen LogP contribution in [-0.2, 0) is 7.05 Å². The molecule has 1 amide bonds. The minimum Gasteiger partial charge on any atom is -0.394 e. The molecule has 84 valence electrons. The summed E-state index contributed by atoms with van der Waals surface area (Å²) in [4.78, 5) is 12.5. The summed E-state index contributed by atoms with van der Waals surface area (Å²) in [5, 5.41) is 8.50. The standard InChI is InChI=1S/C9H9BrN4OS/c1-14-8(6(11)4-12-14)13-9(15)7-5(10)2-3-16-7/h2-4H,11H2,1H3,(H,13,15). The minimum atomic E-state index is -0.197. The van der Waals surface area contributed by atoms with Crippen LogP contribution in [0.15, 0.2) is 22.1 Å². The van der Waals surface area contributed by atoms with Gasteiger partial charge >= 0.3 is 0 Å². The number of hydrogen-bond donors (Lipinski definition) is 2. The highest BCUT2D eigenvalue weighted by Gasteiger charge is 2.14. The zero-order valence-corrected chi connectivity index (χ0v) is 10.8. The second-order valence-electron chi connectivity index (χ2n) is 3.12. The maximum atomic E-state index is 11.9. The first-order chi connectivity index (χ1) is 7.59. The Morgan fingerprint density at radius 1 is 1.69 bits per heavy atom. The van der Waals surface area contributed by atoms with Crippen molar-refractivity contribution >= 4 is 44.7 Å². The quantitative estimate of drug-likeness (QED) is 0.892. The number of thiophene rings is 1. The van der Waals surface area contributed by atoms with E-state index in [1.165, 1.54) is 22.2 Å². The Balaban J connectivity index is 2.24. The van der Waals surface area contributed by atoms with E-state index in [9.17, 15) is 4.79 Å². The molecule has 0 fully saturated rings. The number of aryl methyl sites for hydroxylation is 1. The first-order valence-electron chi connectivity index (χ1n) is 4.41. The molecule has 2 heterocycles. The van der Waals surface area contributed by atoms with Crippen LogP contribution in [0.5, 0.6) is 0 Å². The van der Waals surface area contributed by atoms with Gasteiger partial charge in [0.25, 0.3) is 5.91 Å². The summed E-state index contributed by atoms with van der Waals surface area (Å²) in [5.41, 5.74) is 6.12. The molecule has 0 bridgehead atoms. The molecule has 0 spiro atoms. The molecule has 0 unspecified atom stereocenters. The number of amides is 1. The van der Waals surface area contributed by atoms with E-state index in [0.717, 1.165) is 4.47 Å². The minimum absolute atomic E-state index is 0.197. The normalized spacial score (nSPS) is 10.4. The van der Waals surface area contributed by atoms with Gasteiger partial charge in [0.15, 0.2) is 5.82 Å². The van der Waals surface area contributed by atoms with Crippen molar-refractivity contribution in [3.63, 3.8) is 0 Å². The molecule has 16 heavy (non-hydrogen) atoms. The van der Waals surface area contributed by atoms with E-state index in [4.69, 9.17) is 5.73 Å². The van der Waals surface area contributed by atoms with Crippen LogP contribution in [0.4, 0.5) is 11.5 Å². The first-order valence-corrected chi connectivity index (χ1v) is 6.08. The van der Waals surface area contributed by atoms with Crippen molar-refractivity contribution < 1.29 is 4.79 Å². The van der Waals surface area contributed by atoms with Crippen LogP contribution in [0, 0.1) is 0 Å². The first kappa shape index (κ1) is 11.2. The van der Waals surface area contributed by atoms with Crippen molar-refractivity contribution in [2.24, 2.45) is 7.05 Å². The maximum Gasteiger partial charge on any atom is 0.268 e. The Hall–Kier alpha value is -1.34. The van der Waals surface area contributed by atoms with Gasteiger partial charge in [0.2, 0.25) is 0 Å². The van der Waals surface area contributed by atoms with Crippen molar-refractivity contribution in [2.75, 3.05) is 11.1 Å². The Morgan fingerprint density at radius 3 is 2.94 bits per heavy atom. The van der Waals surface area contributed by atoms with Crippen LogP contribution in [0.1, 0.15) is 9.67 Å². The van der Waals surface area contributed by atoms with Crippen LogP contribution >= 0.6 is 27.3 Å². The summed E-state index contributed by atoms with van der Waals surface area (Å²) in [5.74, 6) is 0.308. The summed E-state index contributed by atoms with van der Waals surface area (Å²) >= 11 is 4.67. The summed E-state index contributed by atoms with van der Waals surface area (Å²) in [6, 6.07) is 1.83. The largest absolute Gasteiger partial charge is 0.394 e. The highest BCUT2D eigenvalue weighted by molar-refractivity contribution is 9.10. The van der Waals surface area contributed by atoms with Gasteiger partial charge < -0.3 is 11.1 Å². The van der Waals surface area contributed by atoms with Crippen molar-refractivity contribution in [3.8, 4) is 0 Å². The lowest BCUT2D eigenvalue weighted by atomic mass is 10.4. The van der Waals surface area contributed by atoms with Gasteiger partial charge in [0.1, 0.15) is 4.88 Å². The summed E-state index contributed by atoms with van der Waals surface area (Å²) in [6.45, 7) is 0. The summed E-state index contributed by atoms with van der Waals surface area (Å²) < 4.78 is 2.30. The molecule has 3 N–H and O–H groups in total. The molecule has 2 aromatic heterocycles. The lowest BCUT2D eigenvalue weighted by molar-refractivity contribution is 0.102. The smallest absolute Gasteiger partial charge is 0.268 e. The molecule has 0 atom stereocenters.